The van der Waals surface area contributed by atoms with Gasteiger partial charge in [-0.3, -0.25) is 23.6 Å². The van der Waals surface area contributed by atoms with Crippen LogP contribution in [0.15, 0.2) is 39.9 Å². The molecule has 0 aliphatic carbocycles. The third-order valence-corrected chi connectivity index (χ3v) is 7.94. The van der Waals surface area contributed by atoms with Gasteiger partial charge in [0.2, 0.25) is 0 Å². The molecule has 1 N–H and O–H groups in total. The summed E-state index contributed by atoms with van der Waals surface area (Å²) in [4.78, 5) is 62.3. The fraction of sp³-hybridized carbons (Fsp3) is 0.480. The Kier molecular flexibility index (Phi) is 7.04. The molecular formula is C25H27F3N10O5. The summed E-state index contributed by atoms with van der Waals surface area (Å²) in [5.41, 5.74) is -1.94. The van der Waals surface area contributed by atoms with Crippen LogP contribution in [0.3, 0.4) is 0 Å². The number of fused-ring (bicyclic) bond motifs is 2. The van der Waals surface area contributed by atoms with Crippen LogP contribution in [0, 0.1) is 5.92 Å². The van der Waals surface area contributed by atoms with Gasteiger partial charge in [0.25, 0.3) is 5.56 Å². The lowest BCUT2D eigenvalue weighted by atomic mass is 10.1. The molecule has 2 aromatic heterocycles. The molecular weight excluding hydrogens is 577 g/mol. The maximum atomic E-state index is 14.1. The summed E-state index contributed by atoms with van der Waals surface area (Å²) in [5, 5.41) is 15.9. The summed E-state index contributed by atoms with van der Waals surface area (Å²) in [6.45, 7) is 0.708. The number of tetrazole rings is 1. The highest BCUT2D eigenvalue weighted by Gasteiger charge is 2.54. The van der Waals surface area contributed by atoms with E-state index < -0.39 is 42.0 Å². The van der Waals surface area contributed by atoms with E-state index in [9.17, 15) is 32.3 Å². The number of carbonyl (C=O) groups excluding carboxylic acids is 2. The molecule has 6 rings (SSSR count). The smallest absolute Gasteiger partial charge is 0.327 e. The molecule has 3 aliphatic rings. The number of nitrogens with one attached hydrogen (secondary N) is 1. The summed E-state index contributed by atoms with van der Waals surface area (Å²) in [5.74, 6) is -3.16. The van der Waals surface area contributed by atoms with Gasteiger partial charge in [-0.15, -0.1) is 15.3 Å². The summed E-state index contributed by atoms with van der Waals surface area (Å²) in [6, 6.07) is 7.85. The maximum Gasteiger partial charge on any atom is 0.493 e. The fourth-order valence-corrected chi connectivity index (χ4v) is 6.01. The Bertz CT molecular complexity index is 1690. The molecule has 0 bridgehead atoms. The van der Waals surface area contributed by atoms with Gasteiger partial charge in [-0.25, -0.2) is 9.59 Å². The zero-order valence-corrected chi connectivity index (χ0v) is 23.1. The Morgan fingerprint density at radius 2 is 1.86 bits per heavy atom. The van der Waals surface area contributed by atoms with Gasteiger partial charge in [0.1, 0.15) is 0 Å². The predicted octanol–water partition coefficient (Wildman–Crippen LogP) is -0.622. The second-order valence-corrected chi connectivity index (χ2v) is 10.6. The third kappa shape index (κ3) is 4.95. The number of carbonyl (C=O) groups is 2. The number of halogens is 3. The van der Waals surface area contributed by atoms with Crippen LogP contribution in [0.4, 0.5) is 24.7 Å². The summed E-state index contributed by atoms with van der Waals surface area (Å²) in [7, 11) is 2.74. The number of likely N-dealkylation sites (tertiary alicyclic amines) is 1. The first-order valence-electron chi connectivity index (χ1n) is 13.4. The number of hydrogen-bond donors (Lipinski definition) is 1. The molecule has 3 unspecified atom stereocenters. The minimum absolute atomic E-state index is 0.114. The Balaban J connectivity index is 1.52. The van der Waals surface area contributed by atoms with Gasteiger partial charge in [-0.1, -0.05) is 30.3 Å². The van der Waals surface area contributed by atoms with Crippen LogP contribution < -0.4 is 26.5 Å². The monoisotopic (exact) mass is 604 g/mol. The van der Waals surface area contributed by atoms with Crippen molar-refractivity contribution < 1.29 is 27.6 Å². The highest BCUT2D eigenvalue weighted by Crippen LogP contribution is 2.42. The van der Waals surface area contributed by atoms with Crippen LogP contribution in [0.5, 0.6) is 0 Å². The predicted molar refractivity (Wildman–Crippen MR) is 142 cm³/mol. The lowest BCUT2D eigenvalue weighted by Gasteiger charge is -2.39. The number of ketones is 1. The van der Waals surface area contributed by atoms with E-state index in [-0.39, 0.29) is 41.4 Å². The first-order valence-corrected chi connectivity index (χ1v) is 13.4. The van der Waals surface area contributed by atoms with Gasteiger partial charge in [0.15, 0.2) is 29.4 Å². The van der Waals surface area contributed by atoms with Crippen molar-refractivity contribution in [2.45, 2.75) is 38.0 Å². The number of hydrogen-bond acceptors (Lipinski definition) is 12. The van der Waals surface area contributed by atoms with Crippen LogP contribution in [0.25, 0.3) is 0 Å². The maximum absolute atomic E-state index is 14.1. The first-order chi connectivity index (χ1) is 20.5. The second kappa shape index (κ2) is 10.6. The van der Waals surface area contributed by atoms with Crippen molar-refractivity contribution in [3.63, 3.8) is 0 Å². The highest BCUT2D eigenvalue weighted by atomic mass is 19.4. The van der Waals surface area contributed by atoms with Gasteiger partial charge >= 0.3 is 17.8 Å². The van der Waals surface area contributed by atoms with Crippen molar-refractivity contribution in [3.8, 4) is 0 Å². The number of aryl methyl sites for hydroxylation is 1. The largest absolute Gasteiger partial charge is 0.493 e. The number of aromatic nitrogens is 6. The van der Waals surface area contributed by atoms with Gasteiger partial charge in [0.05, 0.1) is 20.1 Å². The SMILES string of the molecule is Cn1nnc(CN2c3c(n(C)c(=O)n(CC(=O)c4ccccc4)c3=O)N(OC(=O)C(F)(F)F)C2N2CCC3CNCC32)n1. The number of rotatable bonds is 7. The summed E-state index contributed by atoms with van der Waals surface area (Å²) in [6.07, 6.45) is -5.96. The second-order valence-electron chi connectivity index (χ2n) is 10.6. The molecule has 5 heterocycles. The normalized spacial score (nSPS) is 21.7. The van der Waals surface area contributed by atoms with Gasteiger partial charge in [-0.2, -0.15) is 18.0 Å². The Hall–Kier alpha value is -4.58. The molecule has 0 saturated carbocycles. The molecule has 43 heavy (non-hydrogen) atoms. The number of benzene rings is 1. The Labute approximate surface area is 241 Å². The lowest BCUT2D eigenvalue weighted by molar-refractivity contribution is -0.203. The van der Waals surface area contributed by atoms with Crippen molar-refractivity contribution >= 4 is 23.3 Å². The van der Waals surface area contributed by atoms with Crippen molar-refractivity contribution in [2.24, 2.45) is 20.0 Å². The zero-order valence-electron chi connectivity index (χ0n) is 23.1. The van der Waals surface area contributed by atoms with E-state index in [1.807, 2.05) is 4.90 Å². The quantitative estimate of drug-likeness (QED) is 0.342. The van der Waals surface area contributed by atoms with E-state index in [2.05, 4.69) is 20.7 Å². The molecule has 18 heteroatoms. The van der Waals surface area contributed by atoms with Crippen molar-refractivity contribution in [1.82, 2.24) is 39.6 Å². The Morgan fingerprint density at radius 3 is 2.53 bits per heavy atom. The molecule has 3 aliphatic heterocycles. The molecule has 228 valence electrons. The summed E-state index contributed by atoms with van der Waals surface area (Å²) >= 11 is 0. The molecule has 0 spiro atoms. The lowest BCUT2D eigenvalue weighted by Crippen LogP contribution is -2.59. The van der Waals surface area contributed by atoms with Gasteiger partial charge in [-0.05, 0) is 24.1 Å². The average molecular weight is 605 g/mol. The molecule has 15 nitrogen and oxygen atoms in total. The van der Waals surface area contributed by atoms with E-state index in [1.54, 1.807) is 18.2 Å². The molecule has 2 saturated heterocycles. The third-order valence-electron chi connectivity index (χ3n) is 7.94. The topological polar surface area (TPSA) is 153 Å². The van der Waals surface area contributed by atoms with E-state index in [1.165, 1.54) is 35.9 Å². The van der Waals surface area contributed by atoms with E-state index in [0.717, 1.165) is 4.57 Å². The van der Waals surface area contributed by atoms with Gasteiger partial charge < -0.3 is 15.1 Å². The fourth-order valence-electron chi connectivity index (χ4n) is 6.01. The first kappa shape index (κ1) is 28.5. The number of nitrogens with zero attached hydrogens (tertiary/aromatic N) is 9. The van der Waals surface area contributed by atoms with E-state index in [0.29, 0.717) is 35.7 Å². The van der Waals surface area contributed by atoms with E-state index >= 15 is 0 Å². The highest BCUT2D eigenvalue weighted by molar-refractivity contribution is 5.95. The number of anilines is 2. The van der Waals surface area contributed by atoms with Crippen LogP contribution in [0.1, 0.15) is 22.6 Å². The zero-order chi connectivity index (χ0) is 30.6. The summed E-state index contributed by atoms with van der Waals surface area (Å²) < 4.78 is 42.2. The molecule has 3 aromatic rings. The van der Waals surface area contributed by atoms with Crippen molar-refractivity contribution in [1.29, 1.82) is 0 Å². The average Bonchev–Trinajstić information content (AvgIpc) is 3.75. The van der Waals surface area contributed by atoms with Crippen molar-refractivity contribution in [3.05, 3.63) is 62.6 Å². The molecule has 1 aromatic carbocycles. The molecule has 0 amide bonds. The molecule has 0 radical (unpaired) electrons. The van der Waals surface area contributed by atoms with Crippen LogP contribution >= 0.6 is 0 Å². The van der Waals surface area contributed by atoms with Crippen LogP contribution in [0.2, 0.25) is 0 Å². The number of alkyl halides is 3. The van der Waals surface area contributed by atoms with Gasteiger partial charge in [0, 0.05) is 31.7 Å². The van der Waals surface area contributed by atoms with Crippen LogP contribution in [-0.2, 0) is 36.8 Å². The van der Waals surface area contributed by atoms with Crippen molar-refractivity contribution in [2.75, 3.05) is 29.6 Å². The molecule has 2 fully saturated rings. The number of Topliss-reactive ketones (excluding diaryl/α,β-unsaturated/α-hetero) is 1. The minimum Gasteiger partial charge on any atom is -0.327 e. The standard InChI is InChI=1S/C25H27F3N10O5/c1-33-20-19(21(40)37(24(33)42)12-17(39)14-6-4-3-5-7-14)36(13-18-30-32-34(2)31-18)23(38(20)43-22(41)25(26,27)28)35-9-8-15-10-29-11-16(15)35/h3-7,15-16,23,29H,8-13H2,1-2H3. The van der Waals surface area contributed by atoms with E-state index in [4.69, 9.17) is 4.84 Å². The molecule has 3 atom stereocenters. The Morgan fingerprint density at radius 1 is 1.12 bits per heavy atom. The minimum atomic E-state index is -5.37. The number of hydroxylamine groups is 1. The van der Waals surface area contributed by atoms with Crippen LogP contribution in [-0.4, -0.2) is 84.1 Å².